The van der Waals surface area contributed by atoms with Gasteiger partial charge < -0.3 is 14.0 Å². The summed E-state index contributed by atoms with van der Waals surface area (Å²) in [6.45, 7) is 0. The number of rotatable bonds is 4. The van der Waals surface area contributed by atoms with Crippen molar-refractivity contribution >= 4 is 55.4 Å². The minimum Gasteiger partial charge on any atom is -0.449 e. The molecule has 0 spiro atoms. The lowest BCUT2D eigenvalue weighted by atomic mass is 9.93. The van der Waals surface area contributed by atoms with Crippen molar-refractivity contribution in [2.24, 2.45) is 0 Å². The average molecular weight is 611 g/mol. The number of ether oxygens (including phenoxy) is 2. The highest BCUT2D eigenvalue weighted by Gasteiger charge is 2.32. The standard InChI is InChI=1S/C42H27O3P/c43-46(29-14-3-1-4-15-29,30-16-5-2-6-17-30)40-24-12-22-32-33(21-11-23-35(32)40)37-27-39-42(36-20-10-9-19-34(36)37)44-38-26-25-28-13-7-8-18-31(28)41(38)45-39/h1-27H. The van der Waals surface area contributed by atoms with E-state index in [0.717, 1.165) is 65.1 Å². The van der Waals surface area contributed by atoms with Crippen LogP contribution in [0.5, 0.6) is 23.0 Å². The van der Waals surface area contributed by atoms with E-state index < -0.39 is 7.14 Å². The van der Waals surface area contributed by atoms with Crippen LogP contribution in [0.15, 0.2) is 164 Å². The Morgan fingerprint density at radius 1 is 0.391 bits per heavy atom. The second kappa shape index (κ2) is 10.5. The van der Waals surface area contributed by atoms with Crippen molar-refractivity contribution in [2.45, 2.75) is 0 Å². The molecule has 8 aromatic carbocycles. The molecular weight excluding hydrogens is 583 g/mol. The predicted octanol–water partition coefficient (Wildman–Crippen LogP) is 10.4. The molecule has 1 aliphatic rings. The predicted molar refractivity (Wildman–Crippen MR) is 190 cm³/mol. The third-order valence-corrected chi connectivity index (χ3v) is 12.1. The third kappa shape index (κ3) is 4.03. The fourth-order valence-corrected chi connectivity index (χ4v) is 9.73. The quantitative estimate of drug-likeness (QED) is 0.186. The molecule has 3 nitrogen and oxygen atoms in total. The van der Waals surface area contributed by atoms with E-state index in [2.05, 4.69) is 66.7 Å². The van der Waals surface area contributed by atoms with Crippen molar-refractivity contribution in [3.05, 3.63) is 164 Å². The SMILES string of the molecule is O=P(c1ccccc1)(c1ccccc1)c1cccc2c(-c3cc4c(c5ccccc35)Oc3ccc5ccccc5c3O4)cccc12. The lowest BCUT2D eigenvalue weighted by Crippen LogP contribution is -2.25. The summed E-state index contributed by atoms with van der Waals surface area (Å²) < 4.78 is 28.7. The molecule has 1 aliphatic heterocycles. The van der Waals surface area contributed by atoms with Crippen LogP contribution in [0, 0.1) is 0 Å². The first-order valence-electron chi connectivity index (χ1n) is 15.4. The van der Waals surface area contributed by atoms with E-state index >= 15 is 4.57 Å². The lowest BCUT2D eigenvalue weighted by Gasteiger charge is -2.25. The van der Waals surface area contributed by atoms with Crippen LogP contribution in [-0.2, 0) is 4.57 Å². The molecule has 0 atom stereocenters. The molecule has 8 aromatic rings. The topological polar surface area (TPSA) is 35.5 Å². The molecule has 0 unspecified atom stereocenters. The molecule has 1 heterocycles. The van der Waals surface area contributed by atoms with Gasteiger partial charge in [0.05, 0.1) is 0 Å². The maximum Gasteiger partial charge on any atom is 0.177 e. The van der Waals surface area contributed by atoms with E-state index in [1.807, 2.05) is 97.1 Å². The van der Waals surface area contributed by atoms with Crippen LogP contribution < -0.4 is 25.4 Å². The molecule has 0 N–H and O–H groups in total. The second-order valence-corrected chi connectivity index (χ2v) is 14.3. The Balaban J connectivity index is 1.29. The number of benzene rings is 8. The van der Waals surface area contributed by atoms with Crippen molar-refractivity contribution in [2.75, 3.05) is 0 Å². The molecule has 0 radical (unpaired) electrons. The summed E-state index contributed by atoms with van der Waals surface area (Å²) in [5.41, 5.74) is 2.07. The third-order valence-electron chi connectivity index (χ3n) is 9.00. The van der Waals surface area contributed by atoms with Gasteiger partial charge in [0.2, 0.25) is 0 Å². The monoisotopic (exact) mass is 610 g/mol. The van der Waals surface area contributed by atoms with Crippen LogP contribution in [0.2, 0.25) is 0 Å². The van der Waals surface area contributed by atoms with Crippen LogP contribution in [0.3, 0.4) is 0 Å². The van der Waals surface area contributed by atoms with E-state index in [-0.39, 0.29) is 0 Å². The highest BCUT2D eigenvalue weighted by molar-refractivity contribution is 7.85. The summed E-state index contributed by atoms with van der Waals surface area (Å²) in [6.07, 6.45) is 0. The second-order valence-electron chi connectivity index (χ2n) is 11.6. The first-order chi connectivity index (χ1) is 22.7. The van der Waals surface area contributed by atoms with Crippen LogP contribution in [0.1, 0.15) is 0 Å². The minimum absolute atomic E-state index is 0.671. The highest BCUT2D eigenvalue weighted by atomic mass is 31.2. The molecular formula is C42H27O3P. The van der Waals surface area contributed by atoms with Gasteiger partial charge in [-0.15, -0.1) is 0 Å². The largest absolute Gasteiger partial charge is 0.449 e. The van der Waals surface area contributed by atoms with E-state index in [1.54, 1.807) is 0 Å². The molecule has 46 heavy (non-hydrogen) atoms. The molecule has 0 aliphatic carbocycles. The van der Waals surface area contributed by atoms with Gasteiger partial charge in [-0.2, -0.15) is 0 Å². The van der Waals surface area contributed by atoms with Crippen LogP contribution >= 0.6 is 7.14 Å². The van der Waals surface area contributed by atoms with Gasteiger partial charge in [0.25, 0.3) is 0 Å². The van der Waals surface area contributed by atoms with Crippen molar-refractivity contribution in [3.8, 4) is 34.1 Å². The van der Waals surface area contributed by atoms with Gasteiger partial charge in [0.1, 0.15) is 0 Å². The molecule has 4 heteroatoms. The molecule has 0 saturated carbocycles. The fourth-order valence-electron chi connectivity index (χ4n) is 6.86. The molecule has 0 saturated heterocycles. The first kappa shape index (κ1) is 26.7. The van der Waals surface area contributed by atoms with Gasteiger partial charge in [-0.1, -0.05) is 152 Å². The maximum atomic E-state index is 15.5. The lowest BCUT2D eigenvalue weighted by molar-refractivity contribution is 0.367. The molecule has 0 amide bonds. The van der Waals surface area contributed by atoms with Crippen molar-refractivity contribution in [3.63, 3.8) is 0 Å². The molecule has 0 fully saturated rings. The Bertz CT molecular complexity index is 2460. The van der Waals surface area contributed by atoms with Crippen molar-refractivity contribution in [1.82, 2.24) is 0 Å². The van der Waals surface area contributed by atoms with Crippen molar-refractivity contribution < 1.29 is 14.0 Å². The summed E-state index contributed by atoms with van der Waals surface area (Å²) >= 11 is 0. The summed E-state index contributed by atoms with van der Waals surface area (Å²) in [4.78, 5) is 0. The highest BCUT2D eigenvalue weighted by Crippen LogP contribution is 2.53. The fraction of sp³-hybridized carbons (Fsp3) is 0. The Hall–Kier alpha value is -5.63. The van der Waals surface area contributed by atoms with E-state index in [4.69, 9.17) is 9.47 Å². The zero-order chi connectivity index (χ0) is 30.7. The smallest absolute Gasteiger partial charge is 0.177 e. The summed E-state index contributed by atoms with van der Waals surface area (Å²) in [6, 6.07) is 54.8. The number of fused-ring (bicyclic) bond motifs is 7. The maximum absolute atomic E-state index is 15.5. The zero-order valence-corrected chi connectivity index (χ0v) is 25.7. The molecule has 9 rings (SSSR count). The Kier molecular flexibility index (Phi) is 6.09. The normalized spacial score (nSPS) is 12.3. The molecule has 0 aromatic heterocycles. The summed E-state index contributed by atoms with van der Waals surface area (Å²) in [5, 5.41) is 8.58. The Morgan fingerprint density at radius 3 is 1.70 bits per heavy atom. The Morgan fingerprint density at radius 2 is 0.935 bits per heavy atom. The molecule has 218 valence electrons. The van der Waals surface area contributed by atoms with Gasteiger partial charge in [0.15, 0.2) is 30.1 Å². The van der Waals surface area contributed by atoms with Gasteiger partial charge in [-0.25, -0.2) is 0 Å². The van der Waals surface area contributed by atoms with E-state index in [1.165, 1.54) is 0 Å². The number of hydrogen-bond donors (Lipinski definition) is 0. The van der Waals surface area contributed by atoms with Crippen molar-refractivity contribution in [1.29, 1.82) is 0 Å². The zero-order valence-electron chi connectivity index (χ0n) is 24.8. The van der Waals surface area contributed by atoms with Crippen LogP contribution in [0.25, 0.3) is 43.4 Å². The van der Waals surface area contributed by atoms with Gasteiger partial charge in [-0.05, 0) is 44.8 Å². The number of hydrogen-bond acceptors (Lipinski definition) is 3. The first-order valence-corrected chi connectivity index (χ1v) is 17.1. The summed E-state index contributed by atoms with van der Waals surface area (Å²) in [7, 11) is -3.21. The van der Waals surface area contributed by atoms with E-state index in [9.17, 15) is 0 Å². The van der Waals surface area contributed by atoms with Gasteiger partial charge >= 0.3 is 0 Å². The van der Waals surface area contributed by atoms with Crippen LogP contribution in [-0.4, -0.2) is 0 Å². The molecule has 0 bridgehead atoms. The Labute approximate surface area is 266 Å². The van der Waals surface area contributed by atoms with E-state index in [0.29, 0.717) is 17.2 Å². The van der Waals surface area contributed by atoms with Gasteiger partial charge in [0, 0.05) is 26.7 Å². The summed E-state index contributed by atoms with van der Waals surface area (Å²) in [5.74, 6) is 2.81. The average Bonchev–Trinajstić information content (AvgIpc) is 3.13. The minimum atomic E-state index is -3.21. The van der Waals surface area contributed by atoms with Crippen LogP contribution in [0.4, 0.5) is 0 Å². The van der Waals surface area contributed by atoms with Gasteiger partial charge in [-0.3, -0.25) is 0 Å².